The van der Waals surface area contributed by atoms with Gasteiger partial charge in [0.15, 0.2) is 5.82 Å². The van der Waals surface area contributed by atoms with Crippen LogP contribution in [0.15, 0.2) is 36.4 Å². The molecular formula is C16H18N3NaO3. The number of benzene rings is 1. The number of carbonyl (C=O) groups is 1. The van der Waals surface area contributed by atoms with Crippen molar-refractivity contribution in [1.29, 1.82) is 0 Å². The van der Waals surface area contributed by atoms with Gasteiger partial charge in [0, 0.05) is 31.8 Å². The van der Waals surface area contributed by atoms with Gasteiger partial charge >= 0.3 is 29.6 Å². The van der Waals surface area contributed by atoms with E-state index in [1.165, 1.54) is 6.07 Å². The van der Waals surface area contributed by atoms with E-state index in [2.05, 4.69) is 14.9 Å². The van der Waals surface area contributed by atoms with E-state index >= 15 is 0 Å². The van der Waals surface area contributed by atoms with Gasteiger partial charge in [-0.1, -0.05) is 30.3 Å². The van der Waals surface area contributed by atoms with E-state index in [1.54, 1.807) is 0 Å². The minimum atomic E-state index is -1.27. The largest absolute Gasteiger partial charge is 1.00 e. The van der Waals surface area contributed by atoms with Gasteiger partial charge in [0.25, 0.3) is 0 Å². The first-order valence-electron chi connectivity index (χ1n) is 7.09. The van der Waals surface area contributed by atoms with E-state index in [-0.39, 0.29) is 35.3 Å². The third-order valence-electron chi connectivity index (χ3n) is 3.38. The molecule has 1 aliphatic heterocycles. The van der Waals surface area contributed by atoms with Crippen LogP contribution in [0, 0.1) is 0 Å². The van der Waals surface area contributed by atoms with Crippen molar-refractivity contribution in [2.24, 2.45) is 0 Å². The second-order valence-electron chi connectivity index (χ2n) is 4.78. The number of carboxylic acid groups (broad SMARTS) is 1. The van der Waals surface area contributed by atoms with E-state index in [4.69, 9.17) is 5.11 Å². The molecule has 23 heavy (non-hydrogen) atoms. The fraction of sp³-hybridized carbons (Fsp3) is 0.312. The molecule has 0 radical (unpaired) electrons. The van der Waals surface area contributed by atoms with Gasteiger partial charge in [0.1, 0.15) is 5.82 Å². The van der Waals surface area contributed by atoms with Crippen LogP contribution in [-0.4, -0.2) is 41.2 Å². The van der Waals surface area contributed by atoms with Crippen molar-refractivity contribution in [3.63, 3.8) is 0 Å². The average molecular weight is 323 g/mol. The molecule has 1 N–H and O–H groups in total. The maximum Gasteiger partial charge on any atom is 1.00 e. The Kier molecular flexibility index (Phi) is 8.19. The first-order chi connectivity index (χ1) is 10.7. The zero-order valence-electron chi connectivity index (χ0n) is 13.4. The Morgan fingerprint density at radius 1 is 1.13 bits per heavy atom. The van der Waals surface area contributed by atoms with Crippen molar-refractivity contribution >= 4 is 11.8 Å². The average Bonchev–Trinajstić information content (AvgIpc) is 3.12. The van der Waals surface area contributed by atoms with Gasteiger partial charge in [0.05, 0.1) is 11.7 Å². The van der Waals surface area contributed by atoms with Gasteiger partial charge < -0.3 is 19.9 Å². The third kappa shape index (κ3) is 5.00. The molecule has 0 amide bonds. The van der Waals surface area contributed by atoms with E-state index < -0.39 is 5.97 Å². The third-order valence-corrected chi connectivity index (χ3v) is 3.38. The van der Waals surface area contributed by atoms with Crippen LogP contribution in [0.1, 0.15) is 23.3 Å². The Bertz CT molecular complexity index is 632. The number of hydrogen-bond acceptors (Lipinski definition) is 6. The second kappa shape index (κ2) is 9.62. The van der Waals surface area contributed by atoms with Crippen LogP contribution in [-0.2, 0) is 0 Å². The Labute approximate surface area is 157 Å². The predicted molar refractivity (Wildman–Crippen MR) is 81.4 cm³/mol. The summed E-state index contributed by atoms with van der Waals surface area (Å²) in [6, 6.07) is 10.9. The number of anilines is 1. The van der Waals surface area contributed by atoms with Gasteiger partial charge in [-0.25, -0.2) is 9.97 Å². The molecule has 3 rings (SSSR count). The van der Waals surface area contributed by atoms with Crippen LogP contribution in [0.25, 0.3) is 11.4 Å². The number of aliphatic hydroxyl groups excluding tert-OH is 1. The predicted octanol–water partition coefficient (Wildman–Crippen LogP) is -2.28. The number of aromatic nitrogens is 2. The minimum Gasteiger partial charge on any atom is -0.543 e. The van der Waals surface area contributed by atoms with Gasteiger partial charge in [0.2, 0.25) is 0 Å². The van der Waals surface area contributed by atoms with Crippen LogP contribution in [0.4, 0.5) is 5.82 Å². The summed E-state index contributed by atoms with van der Waals surface area (Å²) < 4.78 is 0. The summed E-state index contributed by atoms with van der Waals surface area (Å²) >= 11 is 0. The Morgan fingerprint density at radius 3 is 2.30 bits per heavy atom. The van der Waals surface area contributed by atoms with E-state index in [1.807, 2.05) is 30.3 Å². The summed E-state index contributed by atoms with van der Waals surface area (Å²) in [5.41, 5.74) is 0.733. The summed E-state index contributed by atoms with van der Waals surface area (Å²) in [5, 5.41) is 18.1. The number of aromatic carboxylic acids is 1. The van der Waals surface area contributed by atoms with Crippen molar-refractivity contribution in [3.8, 4) is 11.4 Å². The van der Waals surface area contributed by atoms with Crippen molar-refractivity contribution in [2.75, 3.05) is 25.1 Å². The molecule has 6 nitrogen and oxygen atoms in total. The summed E-state index contributed by atoms with van der Waals surface area (Å²) in [7, 11) is 1.00. The quantitative estimate of drug-likeness (QED) is 0.640. The number of carboxylic acids is 1. The molecule has 0 unspecified atom stereocenters. The molecule has 1 fully saturated rings. The number of aliphatic hydroxyl groups is 1. The molecule has 2 aromatic rings. The van der Waals surface area contributed by atoms with Crippen molar-refractivity contribution in [3.05, 3.63) is 42.1 Å². The van der Waals surface area contributed by atoms with E-state index in [0.29, 0.717) is 11.6 Å². The minimum absolute atomic E-state index is 0. The molecule has 0 spiro atoms. The number of carbonyl (C=O) groups excluding carboxylic acids is 1. The Morgan fingerprint density at radius 2 is 1.74 bits per heavy atom. The van der Waals surface area contributed by atoms with E-state index in [9.17, 15) is 9.90 Å². The fourth-order valence-electron chi connectivity index (χ4n) is 2.36. The molecule has 0 bridgehead atoms. The molecule has 1 aliphatic rings. The van der Waals surface area contributed by atoms with Crippen molar-refractivity contribution < 1.29 is 44.6 Å². The number of nitrogens with zero attached hydrogens (tertiary/aromatic N) is 3. The zero-order chi connectivity index (χ0) is 15.9. The molecule has 1 saturated heterocycles. The number of rotatable bonds is 3. The van der Waals surface area contributed by atoms with Crippen LogP contribution in [0.5, 0.6) is 0 Å². The summed E-state index contributed by atoms with van der Waals surface area (Å²) in [5.74, 6) is -0.185. The smallest absolute Gasteiger partial charge is 0.543 e. The summed E-state index contributed by atoms with van der Waals surface area (Å²) in [6.45, 7) is 1.80. The fourth-order valence-corrected chi connectivity index (χ4v) is 2.36. The van der Waals surface area contributed by atoms with Gasteiger partial charge in [-0.15, -0.1) is 0 Å². The molecule has 0 aliphatic carbocycles. The molecule has 1 aromatic heterocycles. The van der Waals surface area contributed by atoms with Crippen LogP contribution < -0.4 is 39.6 Å². The zero-order valence-corrected chi connectivity index (χ0v) is 15.4. The van der Waals surface area contributed by atoms with Crippen LogP contribution in [0.2, 0.25) is 0 Å². The first-order valence-corrected chi connectivity index (χ1v) is 7.09. The molecular weight excluding hydrogens is 305 g/mol. The molecule has 2 heterocycles. The molecule has 0 saturated carbocycles. The number of hydrogen-bond donors (Lipinski definition) is 1. The molecule has 7 heteroatoms. The Hall–Kier alpha value is -1.47. The Balaban J connectivity index is 0.000000849. The normalized spacial score (nSPS) is 12.9. The van der Waals surface area contributed by atoms with Crippen molar-refractivity contribution in [2.45, 2.75) is 12.8 Å². The summed E-state index contributed by atoms with van der Waals surface area (Å²) in [4.78, 5) is 21.8. The topological polar surface area (TPSA) is 89.4 Å². The van der Waals surface area contributed by atoms with Gasteiger partial charge in [-0.3, -0.25) is 0 Å². The summed E-state index contributed by atoms with van der Waals surface area (Å²) in [6.07, 6.45) is 2.21. The van der Waals surface area contributed by atoms with Crippen molar-refractivity contribution in [1.82, 2.24) is 9.97 Å². The standard InChI is InChI=1S/C15H15N3O2.CH4O.Na/c19-15(20)12-10-13(18-8-4-5-9-18)17-14(16-12)11-6-2-1-3-7-11;1-2;/h1-3,6-7,10H,4-5,8-9H2,(H,19,20);2H,1H3;/q;;+1/p-1. The monoisotopic (exact) mass is 323 g/mol. The van der Waals surface area contributed by atoms with Gasteiger partial charge in [-0.2, -0.15) is 0 Å². The maximum atomic E-state index is 11.1. The second-order valence-corrected chi connectivity index (χ2v) is 4.78. The molecule has 116 valence electrons. The SMILES string of the molecule is CO.O=C([O-])c1cc(N2CCCC2)nc(-c2ccccc2)n1.[Na+]. The van der Waals surface area contributed by atoms with Crippen LogP contribution in [0.3, 0.4) is 0 Å². The molecule has 1 aromatic carbocycles. The van der Waals surface area contributed by atoms with Crippen LogP contribution >= 0.6 is 0 Å². The maximum absolute atomic E-state index is 11.1. The first kappa shape index (κ1) is 19.6. The van der Waals surface area contributed by atoms with E-state index in [0.717, 1.165) is 38.6 Å². The molecule has 0 atom stereocenters. The van der Waals surface area contributed by atoms with Gasteiger partial charge in [-0.05, 0) is 12.8 Å².